The normalized spacial score (nSPS) is 11.1. The maximum Gasteiger partial charge on any atom is 0.310 e. The van der Waals surface area contributed by atoms with Crippen molar-refractivity contribution in [2.24, 2.45) is 0 Å². The number of hydrogen-bond donors (Lipinski definition) is 0. The van der Waals surface area contributed by atoms with E-state index in [9.17, 15) is 13.2 Å². The summed E-state index contributed by atoms with van der Waals surface area (Å²) in [6, 6.07) is 22.9. The van der Waals surface area contributed by atoms with E-state index in [1.54, 1.807) is 55.5 Å². The van der Waals surface area contributed by atoms with Crippen molar-refractivity contribution < 1.29 is 17.9 Å². The van der Waals surface area contributed by atoms with Crippen molar-refractivity contribution in [3.05, 3.63) is 94.5 Å². The molecule has 0 heterocycles. The van der Waals surface area contributed by atoms with Crippen LogP contribution in [-0.2, 0) is 32.5 Å². The molecule has 0 saturated heterocycles. The Morgan fingerprint density at radius 1 is 0.900 bits per heavy atom. The molecule has 0 aromatic heterocycles. The molecule has 0 aliphatic heterocycles. The van der Waals surface area contributed by atoms with Crippen molar-refractivity contribution in [2.75, 3.05) is 10.9 Å². The molecular weight excluding hydrogens is 466 g/mol. The fourth-order valence-electron chi connectivity index (χ4n) is 2.96. The summed E-state index contributed by atoms with van der Waals surface area (Å²) in [7, 11) is -3.79. The standard InChI is InChI=1S/C23H22BrNO4S/c1-2-29-23(26)16-18-8-12-21(13-9-18)25(17-19-6-4-3-5-7-19)30(27,28)22-14-10-20(24)11-15-22/h3-15H,2,16-17H2,1H3. The Bertz CT molecular complexity index is 1080. The number of esters is 1. The Labute approximate surface area is 185 Å². The van der Waals surface area contributed by atoms with Crippen molar-refractivity contribution in [1.29, 1.82) is 0 Å². The third-order valence-corrected chi connectivity index (χ3v) is 6.77. The van der Waals surface area contributed by atoms with E-state index in [0.29, 0.717) is 12.3 Å². The zero-order chi connectivity index (χ0) is 21.6. The predicted octanol–water partition coefficient (Wildman–Crippen LogP) is 4.95. The summed E-state index contributed by atoms with van der Waals surface area (Å²) >= 11 is 3.34. The van der Waals surface area contributed by atoms with Crippen LogP contribution in [0.15, 0.2) is 88.2 Å². The molecular formula is C23H22BrNO4S. The van der Waals surface area contributed by atoms with Gasteiger partial charge < -0.3 is 4.74 Å². The molecule has 0 amide bonds. The highest BCUT2D eigenvalue weighted by Gasteiger charge is 2.25. The number of nitrogens with zero attached hydrogens (tertiary/aromatic N) is 1. The molecule has 0 unspecified atom stereocenters. The van der Waals surface area contributed by atoms with E-state index in [4.69, 9.17) is 4.74 Å². The first-order chi connectivity index (χ1) is 14.4. The Morgan fingerprint density at radius 2 is 1.53 bits per heavy atom. The lowest BCUT2D eigenvalue weighted by atomic mass is 10.1. The summed E-state index contributed by atoms with van der Waals surface area (Å²) < 4.78 is 34.0. The number of sulfonamides is 1. The summed E-state index contributed by atoms with van der Waals surface area (Å²) in [4.78, 5) is 11.9. The number of carbonyl (C=O) groups is 1. The van der Waals surface area contributed by atoms with Gasteiger partial charge in [-0.3, -0.25) is 9.10 Å². The number of rotatable bonds is 8. The van der Waals surface area contributed by atoms with Gasteiger partial charge in [-0.2, -0.15) is 0 Å². The molecule has 0 radical (unpaired) electrons. The fraction of sp³-hybridized carbons (Fsp3) is 0.174. The lowest BCUT2D eigenvalue weighted by molar-refractivity contribution is -0.142. The number of benzene rings is 3. The van der Waals surface area contributed by atoms with E-state index in [0.717, 1.165) is 15.6 Å². The van der Waals surface area contributed by atoms with Gasteiger partial charge in [-0.05, 0) is 54.4 Å². The number of carbonyl (C=O) groups excluding carboxylic acids is 1. The van der Waals surface area contributed by atoms with Crippen LogP contribution in [0, 0.1) is 0 Å². The van der Waals surface area contributed by atoms with Crippen molar-refractivity contribution in [3.63, 3.8) is 0 Å². The van der Waals surface area contributed by atoms with Gasteiger partial charge in [0.15, 0.2) is 0 Å². The average Bonchev–Trinajstić information content (AvgIpc) is 2.74. The minimum atomic E-state index is -3.79. The molecule has 0 N–H and O–H groups in total. The molecule has 0 spiro atoms. The van der Waals surface area contributed by atoms with Gasteiger partial charge in [0.05, 0.1) is 30.2 Å². The van der Waals surface area contributed by atoms with Crippen LogP contribution >= 0.6 is 15.9 Å². The molecule has 0 aliphatic carbocycles. The van der Waals surface area contributed by atoms with E-state index in [-0.39, 0.29) is 23.8 Å². The number of halogens is 1. The van der Waals surface area contributed by atoms with Crippen LogP contribution in [0.2, 0.25) is 0 Å². The first-order valence-corrected chi connectivity index (χ1v) is 11.7. The molecule has 7 heteroatoms. The Morgan fingerprint density at radius 3 is 2.13 bits per heavy atom. The van der Waals surface area contributed by atoms with Gasteiger partial charge in [-0.25, -0.2) is 8.42 Å². The highest BCUT2D eigenvalue weighted by molar-refractivity contribution is 9.10. The highest BCUT2D eigenvalue weighted by Crippen LogP contribution is 2.27. The van der Waals surface area contributed by atoms with E-state index < -0.39 is 10.0 Å². The van der Waals surface area contributed by atoms with Crippen molar-refractivity contribution in [3.8, 4) is 0 Å². The van der Waals surface area contributed by atoms with E-state index >= 15 is 0 Å². The third kappa shape index (κ3) is 5.49. The molecule has 0 atom stereocenters. The zero-order valence-corrected chi connectivity index (χ0v) is 18.9. The SMILES string of the molecule is CCOC(=O)Cc1ccc(N(Cc2ccccc2)S(=O)(=O)c2ccc(Br)cc2)cc1. The van der Waals surface area contributed by atoms with Crippen molar-refractivity contribution in [2.45, 2.75) is 24.8 Å². The van der Waals surface area contributed by atoms with Gasteiger partial charge in [0, 0.05) is 4.47 Å². The van der Waals surface area contributed by atoms with Crippen LogP contribution in [0.4, 0.5) is 5.69 Å². The van der Waals surface area contributed by atoms with E-state index in [2.05, 4.69) is 15.9 Å². The van der Waals surface area contributed by atoms with E-state index in [1.165, 1.54) is 4.31 Å². The Kier molecular flexibility index (Phi) is 7.29. The number of ether oxygens (including phenoxy) is 1. The molecule has 30 heavy (non-hydrogen) atoms. The third-order valence-electron chi connectivity index (χ3n) is 4.45. The van der Waals surface area contributed by atoms with Crippen molar-refractivity contribution >= 4 is 37.6 Å². The van der Waals surface area contributed by atoms with Gasteiger partial charge in [0.1, 0.15) is 0 Å². The molecule has 0 fully saturated rings. The number of anilines is 1. The molecule has 156 valence electrons. The summed E-state index contributed by atoms with van der Waals surface area (Å²) in [6.45, 7) is 2.28. The van der Waals surface area contributed by atoms with Gasteiger partial charge >= 0.3 is 5.97 Å². The second-order valence-electron chi connectivity index (χ2n) is 6.60. The monoisotopic (exact) mass is 487 g/mol. The first kappa shape index (κ1) is 22.1. The maximum absolute atomic E-state index is 13.4. The summed E-state index contributed by atoms with van der Waals surface area (Å²) in [5.74, 6) is -0.311. The predicted molar refractivity (Wildman–Crippen MR) is 121 cm³/mol. The molecule has 3 aromatic carbocycles. The Balaban J connectivity index is 1.95. The highest BCUT2D eigenvalue weighted by atomic mass is 79.9. The Hall–Kier alpha value is -2.64. The molecule has 0 aliphatic rings. The summed E-state index contributed by atoms with van der Waals surface area (Å²) in [5, 5.41) is 0. The van der Waals surface area contributed by atoms with Gasteiger partial charge in [0.2, 0.25) is 0 Å². The van der Waals surface area contributed by atoms with Crippen molar-refractivity contribution in [1.82, 2.24) is 0 Å². The van der Waals surface area contributed by atoms with Crippen LogP contribution in [0.25, 0.3) is 0 Å². The lowest BCUT2D eigenvalue weighted by Gasteiger charge is -2.25. The average molecular weight is 488 g/mol. The molecule has 3 aromatic rings. The largest absolute Gasteiger partial charge is 0.466 e. The van der Waals surface area contributed by atoms with Crippen LogP contribution < -0.4 is 4.31 Å². The van der Waals surface area contributed by atoms with Crippen LogP contribution in [-0.4, -0.2) is 21.0 Å². The van der Waals surface area contributed by atoms with E-state index in [1.807, 2.05) is 30.3 Å². The lowest BCUT2D eigenvalue weighted by Crippen LogP contribution is -2.30. The fourth-order valence-corrected chi connectivity index (χ4v) is 4.67. The maximum atomic E-state index is 13.4. The number of hydrogen-bond acceptors (Lipinski definition) is 4. The molecule has 5 nitrogen and oxygen atoms in total. The van der Waals surface area contributed by atoms with Gasteiger partial charge in [0.25, 0.3) is 10.0 Å². The molecule has 3 rings (SSSR count). The van der Waals surface area contributed by atoms with Gasteiger partial charge in [-0.1, -0.05) is 58.4 Å². The summed E-state index contributed by atoms with van der Waals surface area (Å²) in [6.07, 6.45) is 0.145. The zero-order valence-electron chi connectivity index (χ0n) is 16.5. The minimum absolute atomic E-state index is 0.145. The van der Waals surface area contributed by atoms with Crippen LogP contribution in [0.1, 0.15) is 18.1 Å². The van der Waals surface area contributed by atoms with Gasteiger partial charge in [-0.15, -0.1) is 0 Å². The summed E-state index contributed by atoms with van der Waals surface area (Å²) in [5.41, 5.74) is 2.15. The topological polar surface area (TPSA) is 63.7 Å². The molecule has 0 bridgehead atoms. The second kappa shape index (κ2) is 9.91. The molecule has 0 saturated carbocycles. The van der Waals surface area contributed by atoms with Crippen LogP contribution in [0.5, 0.6) is 0 Å². The minimum Gasteiger partial charge on any atom is -0.466 e. The second-order valence-corrected chi connectivity index (χ2v) is 9.38. The smallest absolute Gasteiger partial charge is 0.310 e. The quantitative estimate of drug-likeness (QED) is 0.421. The van der Waals surface area contributed by atoms with Crippen LogP contribution in [0.3, 0.4) is 0 Å². The first-order valence-electron chi connectivity index (χ1n) is 9.47.